The molecule has 5 heteroatoms. The molecule has 0 aliphatic carbocycles. The maximum Gasteiger partial charge on any atom is 0.251 e. The molecule has 0 fully saturated rings. The molecule has 1 aromatic carbocycles. The van der Waals surface area contributed by atoms with Crippen molar-refractivity contribution in [3.63, 3.8) is 0 Å². The van der Waals surface area contributed by atoms with Crippen molar-refractivity contribution in [3.8, 4) is 11.8 Å². The highest BCUT2D eigenvalue weighted by Gasteiger charge is 2.08. The maximum atomic E-state index is 13.8. The summed E-state index contributed by atoms with van der Waals surface area (Å²) in [5, 5.41) is 11.4. The average molecular weight is 309 g/mol. The molecular weight excluding hydrogens is 289 g/mol. The smallest absolute Gasteiger partial charge is 0.251 e. The Bertz CT molecular complexity index is 523. The zero-order valence-corrected chi connectivity index (χ0v) is 12.9. The molecule has 0 spiro atoms. The van der Waals surface area contributed by atoms with Gasteiger partial charge in [0.1, 0.15) is 5.82 Å². The molecule has 0 aromatic heterocycles. The number of halogens is 1. The third-order valence-electron chi connectivity index (χ3n) is 2.75. The number of benzene rings is 1. The number of carbonyl (C=O) groups is 1. The van der Waals surface area contributed by atoms with Crippen LogP contribution in [-0.2, 0) is 0 Å². The third kappa shape index (κ3) is 6.65. The Morgan fingerprint density at radius 2 is 2.24 bits per heavy atom. The number of hydrogen-bond acceptors (Lipinski definition) is 3. The number of hydrogen-bond donors (Lipinski definition) is 2. The number of aliphatic hydroxyl groups is 1. The predicted octanol–water partition coefficient (Wildman–Crippen LogP) is 2.43. The van der Waals surface area contributed by atoms with E-state index in [1.54, 1.807) is 17.8 Å². The number of rotatable bonds is 7. The Morgan fingerprint density at radius 3 is 2.90 bits per heavy atom. The van der Waals surface area contributed by atoms with E-state index in [2.05, 4.69) is 17.2 Å². The first-order valence-corrected chi connectivity index (χ1v) is 8.25. The minimum absolute atomic E-state index is 0.0500. The van der Waals surface area contributed by atoms with Crippen molar-refractivity contribution in [1.82, 2.24) is 5.32 Å². The minimum atomic E-state index is -0.518. The van der Waals surface area contributed by atoms with Crippen LogP contribution in [0.2, 0.25) is 0 Å². The summed E-state index contributed by atoms with van der Waals surface area (Å²) in [4.78, 5) is 11.8. The van der Waals surface area contributed by atoms with Crippen molar-refractivity contribution in [3.05, 3.63) is 35.1 Å². The Morgan fingerprint density at radius 1 is 1.43 bits per heavy atom. The van der Waals surface area contributed by atoms with Crippen LogP contribution in [0.3, 0.4) is 0 Å². The average Bonchev–Trinajstić information content (AvgIpc) is 2.48. The lowest BCUT2D eigenvalue weighted by Crippen LogP contribution is -2.24. The molecule has 0 unspecified atom stereocenters. The van der Waals surface area contributed by atoms with Crippen LogP contribution in [0.4, 0.5) is 4.39 Å². The standard InChI is InChI=1S/C16H20FNO2S/c1-21-11-5-3-9-18-16(20)14-8-7-13(15(17)12-14)6-2-4-10-19/h7-8,12,19H,3-5,9-11H2,1H3,(H,18,20). The summed E-state index contributed by atoms with van der Waals surface area (Å²) in [5.74, 6) is 5.57. The molecule has 114 valence electrons. The van der Waals surface area contributed by atoms with Gasteiger partial charge < -0.3 is 10.4 Å². The van der Waals surface area contributed by atoms with Crippen molar-refractivity contribution in [1.29, 1.82) is 0 Å². The van der Waals surface area contributed by atoms with E-state index >= 15 is 0 Å². The first kappa shape index (κ1) is 17.5. The summed E-state index contributed by atoms with van der Waals surface area (Å²) in [6.45, 7) is 0.546. The van der Waals surface area contributed by atoms with Gasteiger partial charge in [-0.15, -0.1) is 0 Å². The van der Waals surface area contributed by atoms with Crippen LogP contribution in [0.5, 0.6) is 0 Å². The van der Waals surface area contributed by atoms with Gasteiger partial charge in [-0.05, 0) is 43.0 Å². The van der Waals surface area contributed by atoms with Crippen molar-refractivity contribution >= 4 is 17.7 Å². The summed E-state index contributed by atoms with van der Waals surface area (Å²) in [7, 11) is 0. The Kier molecular flexibility index (Phi) is 8.56. The van der Waals surface area contributed by atoms with Crippen molar-refractivity contribution < 1.29 is 14.3 Å². The monoisotopic (exact) mass is 309 g/mol. The normalized spacial score (nSPS) is 9.86. The van der Waals surface area contributed by atoms with Gasteiger partial charge in [0.05, 0.1) is 12.2 Å². The zero-order valence-electron chi connectivity index (χ0n) is 12.1. The molecule has 0 heterocycles. The molecule has 0 aliphatic rings. The summed E-state index contributed by atoms with van der Waals surface area (Å²) in [6, 6.07) is 4.24. The second kappa shape index (κ2) is 10.3. The minimum Gasteiger partial charge on any atom is -0.395 e. The Balaban J connectivity index is 2.54. The molecule has 2 N–H and O–H groups in total. The molecule has 0 saturated carbocycles. The predicted molar refractivity (Wildman–Crippen MR) is 84.9 cm³/mol. The van der Waals surface area contributed by atoms with Gasteiger partial charge >= 0.3 is 0 Å². The molecule has 0 bridgehead atoms. The van der Waals surface area contributed by atoms with E-state index in [9.17, 15) is 9.18 Å². The molecule has 0 aliphatic heterocycles. The van der Waals surface area contributed by atoms with Crippen LogP contribution >= 0.6 is 11.8 Å². The van der Waals surface area contributed by atoms with Gasteiger partial charge in [0.15, 0.2) is 0 Å². The molecule has 21 heavy (non-hydrogen) atoms. The molecule has 1 aromatic rings. The second-order valence-corrected chi connectivity index (χ2v) is 5.41. The fourth-order valence-corrected chi connectivity index (χ4v) is 2.14. The van der Waals surface area contributed by atoms with Crippen LogP contribution in [0, 0.1) is 17.7 Å². The van der Waals surface area contributed by atoms with Gasteiger partial charge in [-0.3, -0.25) is 4.79 Å². The van der Waals surface area contributed by atoms with Crippen molar-refractivity contribution in [2.75, 3.05) is 25.2 Å². The van der Waals surface area contributed by atoms with Crippen LogP contribution in [-0.4, -0.2) is 36.2 Å². The topological polar surface area (TPSA) is 49.3 Å². The van der Waals surface area contributed by atoms with Crippen LogP contribution < -0.4 is 5.32 Å². The first-order valence-electron chi connectivity index (χ1n) is 6.85. The summed E-state index contributed by atoms with van der Waals surface area (Å²) < 4.78 is 13.8. The number of unbranched alkanes of at least 4 members (excludes halogenated alkanes) is 1. The molecule has 3 nitrogen and oxygen atoms in total. The van der Waals surface area contributed by atoms with Crippen molar-refractivity contribution in [2.24, 2.45) is 0 Å². The van der Waals surface area contributed by atoms with E-state index in [0.29, 0.717) is 18.5 Å². The molecular formula is C16H20FNO2S. The lowest BCUT2D eigenvalue weighted by molar-refractivity contribution is 0.0952. The van der Waals surface area contributed by atoms with Crippen LogP contribution in [0.1, 0.15) is 35.2 Å². The highest BCUT2D eigenvalue weighted by atomic mass is 32.2. The number of nitrogens with one attached hydrogen (secondary N) is 1. The molecule has 1 amide bonds. The lowest BCUT2D eigenvalue weighted by Gasteiger charge is -2.05. The lowest BCUT2D eigenvalue weighted by atomic mass is 10.1. The Labute approximate surface area is 129 Å². The second-order valence-electron chi connectivity index (χ2n) is 4.43. The fraction of sp³-hybridized carbons (Fsp3) is 0.438. The maximum absolute atomic E-state index is 13.8. The van der Waals surface area contributed by atoms with E-state index in [-0.39, 0.29) is 18.1 Å². The quantitative estimate of drug-likeness (QED) is 0.601. The van der Waals surface area contributed by atoms with E-state index < -0.39 is 5.82 Å². The van der Waals surface area contributed by atoms with Gasteiger partial charge in [0.25, 0.3) is 5.91 Å². The number of aliphatic hydroxyl groups excluding tert-OH is 1. The molecule has 0 radical (unpaired) electrons. The van der Waals surface area contributed by atoms with E-state index in [1.807, 2.05) is 6.26 Å². The number of thioether (sulfide) groups is 1. The van der Waals surface area contributed by atoms with Crippen LogP contribution in [0.15, 0.2) is 18.2 Å². The zero-order chi connectivity index (χ0) is 15.5. The Hall–Kier alpha value is -1.51. The highest BCUT2D eigenvalue weighted by Crippen LogP contribution is 2.09. The van der Waals surface area contributed by atoms with E-state index in [0.717, 1.165) is 18.6 Å². The highest BCUT2D eigenvalue weighted by molar-refractivity contribution is 7.98. The van der Waals surface area contributed by atoms with Gasteiger partial charge in [-0.25, -0.2) is 4.39 Å². The fourth-order valence-electron chi connectivity index (χ4n) is 1.65. The van der Waals surface area contributed by atoms with E-state index in [1.165, 1.54) is 12.1 Å². The number of amides is 1. The number of carbonyl (C=O) groups excluding carboxylic acids is 1. The van der Waals surface area contributed by atoms with E-state index in [4.69, 9.17) is 5.11 Å². The molecule has 1 rings (SSSR count). The molecule has 0 saturated heterocycles. The van der Waals surface area contributed by atoms with Gasteiger partial charge in [-0.1, -0.05) is 11.8 Å². The first-order chi connectivity index (χ1) is 10.2. The summed E-state index contributed by atoms with van der Waals surface area (Å²) >= 11 is 1.78. The van der Waals surface area contributed by atoms with Gasteiger partial charge in [0, 0.05) is 18.5 Å². The van der Waals surface area contributed by atoms with Gasteiger partial charge in [-0.2, -0.15) is 11.8 Å². The van der Waals surface area contributed by atoms with Crippen LogP contribution in [0.25, 0.3) is 0 Å². The SMILES string of the molecule is CSCCCCNC(=O)c1ccc(C#CCCO)c(F)c1. The van der Waals surface area contributed by atoms with Gasteiger partial charge in [0.2, 0.25) is 0 Å². The molecule has 0 atom stereocenters. The van der Waals surface area contributed by atoms with Crippen molar-refractivity contribution in [2.45, 2.75) is 19.3 Å². The summed E-state index contributed by atoms with van der Waals surface area (Å²) in [5.41, 5.74) is 0.532. The largest absolute Gasteiger partial charge is 0.395 e. The third-order valence-corrected chi connectivity index (χ3v) is 3.45. The summed E-state index contributed by atoms with van der Waals surface area (Å²) in [6.07, 6.45) is 4.32.